The third-order valence-electron chi connectivity index (χ3n) is 9.82. The molecule has 60 heavy (non-hydrogen) atoms. The van der Waals surface area contributed by atoms with E-state index in [0.29, 0.717) is 34.2 Å². The summed E-state index contributed by atoms with van der Waals surface area (Å²) < 4.78 is 44.1. The highest BCUT2D eigenvalue weighted by Crippen LogP contribution is 2.41. The largest absolute Gasteiger partial charge is 0.460 e. The number of aromatic nitrogens is 6. The molecule has 3 atom stereocenters. The fourth-order valence-corrected chi connectivity index (χ4v) is 7.43. The first-order valence-electron chi connectivity index (χ1n) is 18.7. The molecule has 310 valence electrons. The maximum absolute atomic E-state index is 15.4. The molecule has 1 unspecified atom stereocenters. The van der Waals surface area contributed by atoms with E-state index in [1.54, 1.807) is 80.8 Å². The molecule has 0 aliphatic carbocycles. The van der Waals surface area contributed by atoms with Crippen LogP contribution < -0.4 is 14.8 Å². The molecule has 0 bridgehead atoms. The van der Waals surface area contributed by atoms with Gasteiger partial charge in [-0.25, -0.2) is 28.5 Å². The van der Waals surface area contributed by atoms with Crippen LogP contribution in [0.3, 0.4) is 0 Å². The van der Waals surface area contributed by atoms with E-state index >= 15 is 4.39 Å². The van der Waals surface area contributed by atoms with E-state index < -0.39 is 41.4 Å². The summed E-state index contributed by atoms with van der Waals surface area (Å²) in [4.78, 5) is 42.5. The van der Waals surface area contributed by atoms with E-state index in [0.717, 1.165) is 29.3 Å². The fourth-order valence-electron chi connectivity index (χ4n) is 6.46. The van der Waals surface area contributed by atoms with E-state index in [9.17, 15) is 19.1 Å². The Labute approximate surface area is 349 Å². The number of rotatable bonds is 16. The van der Waals surface area contributed by atoms with Gasteiger partial charge in [0.1, 0.15) is 42.0 Å². The predicted octanol–water partition coefficient (Wildman–Crippen LogP) is 5.93. The van der Waals surface area contributed by atoms with Gasteiger partial charge in [-0.05, 0) is 49.5 Å². The molecule has 1 amide bonds. The molecule has 0 aliphatic heterocycles. The average molecular weight is 838 g/mol. The molecule has 6 aromatic rings. The van der Waals surface area contributed by atoms with Crippen LogP contribution in [-0.4, -0.2) is 74.5 Å². The molecule has 0 radical (unpaired) electrons. The topological polar surface area (TPSA) is 175 Å². The van der Waals surface area contributed by atoms with Crippen LogP contribution in [-0.2, 0) is 39.6 Å². The Bertz CT molecular complexity index is 2490. The van der Waals surface area contributed by atoms with Gasteiger partial charge in [0.15, 0.2) is 0 Å². The number of anilines is 2. The summed E-state index contributed by atoms with van der Waals surface area (Å²) in [6.07, 6.45) is 4.31. The second-order valence-corrected chi connectivity index (χ2v) is 14.9. The third kappa shape index (κ3) is 9.94. The maximum atomic E-state index is 15.4. The second kappa shape index (κ2) is 18.9. The molecule has 6 rings (SSSR count). The molecule has 2 aromatic carbocycles. The van der Waals surface area contributed by atoms with E-state index in [1.165, 1.54) is 51.4 Å². The quantitative estimate of drug-likeness (QED) is 0.0870. The maximum Gasteiger partial charge on any atom is 0.418 e. The normalized spacial score (nSPS) is 13.2. The molecular weight excluding hydrogens is 795 g/mol. The summed E-state index contributed by atoms with van der Waals surface area (Å²) in [6.45, 7) is 3.25. The van der Waals surface area contributed by atoms with Crippen LogP contribution in [0.2, 0.25) is 0 Å². The van der Waals surface area contributed by atoms with Gasteiger partial charge >= 0.3 is 12.1 Å². The number of halogens is 2. The number of benzene rings is 2. The standard InChI is InChI=1S/C42H43F2N10O5S/c1-27(40-50-36(23-60-40)30-12-10-29(19-45)11-13-30)42(57,34-18-33(43)14-15-35(34)44)24-54-26-53(25-49-54)28(2)59-41(56)52(5)39-32(9-7-17-48-39)22-58-37(55)21-51(4)20-31-8-6-16-47-38(31)46-3/h6-18,23,25-28,57H,20-22,24H2,1-5H3,(H,46,47)/q+1/t27-,28?,42+/m0/s1. The average Bonchev–Trinajstić information content (AvgIpc) is 3.94. The monoisotopic (exact) mass is 837 g/mol. The minimum absolute atomic E-state index is 0.00712. The Balaban J connectivity index is 1.12. The number of aliphatic hydroxyl groups is 1. The van der Waals surface area contributed by atoms with Crippen LogP contribution >= 0.6 is 11.3 Å². The Hall–Kier alpha value is -6.68. The summed E-state index contributed by atoms with van der Waals surface area (Å²) in [5.41, 5.74) is 0.869. The number of thiazole rings is 1. The Morgan fingerprint density at radius 1 is 1.07 bits per heavy atom. The number of likely N-dealkylation sites (N-methyl/N-ethyl adjacent to an activating group) is 1. The van der Waals surface area contributed by atoms with Gasteiger partial charge in [0.25, 0.3) is 6.33 Å². The van der Waals surface area contributed by atoms with Gasteiger partial charge < -0.3 is 19.9 Å². The number of pyridine rings is 2. The molecule has 0 saturated heterocycles. The highest BCUT2D eigenvalue weighted by molar-refractivity contribution is 7.10. The van der Waals surface area contributed by atoms with Crippen molar-refractivity contribution in [3.63, 3.8) is 0 Å². The predicted molar refractivity (Wildman–Crippen MR) is 217 cm³/mol. The van der Waals surface area contributed by atoms with E-state index in [1.807, 2.05) is 12.1 Å². The Kier molecular flexibility index (Phi) is 13.5. The molecule has 0 spiro atoms. The van der Waals surface area contributed by atoms with Gasteiger partial charge in [0.05, 0.1) is 28.9 Å². The van der Waals surface area contributed by atoms with E-state index in [-0.39, 0.29) is 31.1 Å². The lowest BCUT2D eigenvalue weighted by molar-refractivity contribution is -0.753. The summed E-state index contributed by atoms with van der Waals surface area (Å²) in [6, 6.07) is 18.9. The molecule has 4 aromatic heterocycles. The van der Waals surface area contributed by atoms with Crippen molar-refractivity contribution in [1.82, 2.24) is 29.6 Å². The molecule has 4 heterocycles. The SMILES string of the molecule is CNc1ncccc1CN(C)CC(=O)OCc1cccnc1N(C)C(=O)OC(C)[n+]1cnn(C[C@](O)(c2cc(F)ccc2F)[C@@H](C)c2nc(-c3ccc(C#N)cc3)cs2)c1. The minimum atomic E-state index is -2.06. The zero-order valence-electron chi connectivity index (χ0n) is 33.5. The van der Waals surface area contributed by atoms with Gasteiger partial charge in [-0.15, -0.1) is 16.0 Å². The van der Waals surface area contributed by atoms with Crippen LogP contribution in [0.25, 0.3) is 11.3 Å². The molecule has 15 nitrogen and oxygen atoms in total. The first kappa shape index (κ1) is 42.9. The highest BCUT2D eigenvalue weighted by Gasteiger charge is 2.43. The van der Waals surface area contributed by atoms with E-state index in [2.05, 4.69) is 26.5 Å². The van der Waals surface area contributed by atoms with Crippen molar-refractivity contribution in [3.8, 4) is 17.3 Å². The Morgan fingerprint density at radius 3 is 2.53 bits per heavy atom. The number of carbonyl (C=O) groups excluding carboxylic acids is 2. The zero-order valence-corrected chi connectivity index (χ0v) is 34.3. The van der Waals surface area contributed by atoms with E-state index in [4.69, 9.17) is 19.7 Å². The fraction of sp³-hybridized carbons (Fsp3) is 0.286. The van der Waals surface area contributed by atoms with Crippen LogP contribution in [0.1, 0.15) is 53.3 Å². The summed E-state index contributed by atoms with van der Waals surface area (Å²) in [7, 11) is 5.04. The third-order valence-corrected chi connectivity index (χ3v) is 10.9. The van der Waals surface area contributed by atoms with Gasteiger partial charge in [-0.1, -0.05) is 31.2 Å². The van der Waals surface area contributed by atoms with Crippen LogP contribution in [0.4, 0.5) is 25.2 Å². The van der Waals surface area contributed by atoms with Crippen molar-refractivity contribution in [2.75, 3.05) is 37.9 Å². The van der Waals surface area contributed by atoms with Crippen LogP contribution in [0.5, 0.6) is 0 Å². The van der Waals surface area contributed by atoms with Crippen molar-refractivity contribution < 1.29 is 37.5 Å². The molecule has 0 aliphatic rings. The minimum Gasteiger partial charge on any atom is -0.460 e. The molecular formula is C42H43F2N10O5S+. The van der Waals surface area contributed by atoms with Crippen molar-refractivity contribution in [2.24, 2.45) is 0 Å². The van der Waals surface area contributed by atoms with Gasteiger partial charge in [-0.2, -0.15) is 9.83 Å². The summed E-state index contributed by atoms with van der Waals surface area (Å²) in [5.74, 6) is -1.97. The van der Waals surface area contributed by atoms with Crippen molar-refractivity contribution >= 4 is 35.0 Å². The summed E-state index contributed by atoms with van der Waals surface area (Å²) in [5, 5.41) is 31.1. The number of hydrogen-bond acceptors (Lipinski definition) is 13. The highest BCUT2D eigenvalue weighted by atomic mass is 32.1. The van der Waals surface area contributed by atoms with Crippen molar-refractivity contribution in [3.05, 3.63) is 136 Å². The zero-order chi connectivity index (χ0) is 43.0. The lowest BCUT2D eigenvalue weighted by Gasteiger charge is -2.32. The number of carbonyl (C=O) groups is 2. The molecule has 0 saturated carbocycles. The smallest absolute Gasteiger partial charge is 0.418 e. The van der Waals surface area contributed by atoms with Gasteiger partial charge in [0, 0.05) is 78.6 Å². The van der Waals surface area contributed by atoms with Crippen LogP contribution in [0, 0.1) is 23.0 Å². The Morgan fingerprint density at radius 2 is 1.80 bits per heavy atom. The number of hydrogen-bond donors (Lipinski definition) is 2. The molecule has 2 N–H and O–H groups in total. The lowest BCUT2D eigenvalue weighted by atomic mass is 9.82. The number of nitriles is 1. The molecule has 18 heteroatoms. The van der Waals surface area contributed by atoms with Gasteiger partial charge in [0.2, 0.25) is 12.6 Å². The number of ether oxygens (including phenoxy) is 2. The second-order valence-electron chi connectivity index (χ2n) is 14.0. The first-order chi connectivity index (χ1) is 28.8. The lowest BCUT2D eigenvalue weighted by Crippen LogP contribution is -2.42. The number of nitrogens with one attached hydrogen (secondary N) is 1. The molecule has 0 fully saturated rings. The van der Waals surface area contributed by atoms with Crippen LogP contribution in [0.15, 0.2) is 97.2 Å². The van der Waals surface area contributed by atoms with Gasteiger partial charge in [-0.3, -0.25) is 14.6 Å². The van der Waals surface area contributed by atoms with Crippen molar-refractivity contribution in [2.45, 2.75) is 51.3 Å². The number of esters is 1. The first-order valence-corrected chi connectivity index (χ1v) is 19.6. The number of amides is 1. The van der Waals surface area contributed by atoms with Crippen molar-refractivity contribution in [1.29, 1.82) is 5.26 Å². The summed E-state index contributed by atoms with van der Waals surface area (Å²) >= 11 is 1.25. The number of nitrogens with zero attached hydrogens (tertiary/aromatic N) is 9.